The molecular formula is C30H42ClN3O4. The van der Waals surface area contributed by atoms with Gasteiger partial charge in [0.15, 0.2) is 0 Å². The third kappa shape index (κ3) is 8.48. The van der Waals surface area contributed by atoms with Crippen molar-refractivity contribution in [2.24, 2.45) is 5.92 Å². The van der Waals surface area contributed by atoms with E-state index in [4.69, 9.17) is 16.3 Å². The zero-order valence-corrected chi connectivity index (χ0v) is 24.8. The van der Waals surface area contributed by atoms with E-state index in [9.17, 15) is 14.4 Å². The van der Waals surface area contributed by atoms with Gasteiger partial charge in [0.25, 0.3) is 5.91 Å². The summed E-state index contributed by atoms with van der Waals surface area (Å²) < 4.78 is 5.43. The van der Waals surface area contributed by atoms with Crippen LogP contribution in [0.4, 0.5) is 10.5 Å². The minimum absolute atomic E-state index is 0.109. The van der Waals surface area contributed by atoms with E-state index in [0.29, 0.717) is 22.7 Å². The van der Waals surface area contributed by atoms with Gasteiger partial charge in [-0.1, -0.05) is 55.8 Å². The van der Waals surface area contributed by atoms with Crippen LogP contribution in [-0.4, -0.2) is 41.0 Å². The smallest absolute Gasteiger partial charge is 0.408 e. The molecular weight excluding hydrogens is 502 g/mol. The van der Waals surface area contributed by atoms with Crippen LogP contribution < -0.4 is 10.6 Å². The maximum Gasteiger partial charge on any atom is 0.408 e. The minimum atomic E-state index is -0.947. The lowest BCUT2D eigenvalue weighted by Crippen LogP contribution is -2.52. The number of amides is 3. The molecule has 208 valence electrons. The molecule has 0 saturated heterocycles. The minimum Gasteiger partial charge on any atom is -0.444 e. The van der Waals surface area contributed by atoms with E-state index >= 15 is 0 Å². The SMILES string of the molecule is CCN(C(=O)C(CC(C)C)NC(=O)OC(C)(C)C)C(C(=O)Nc1c(C)cccc1Cl)c1ccc(C)c(C)c1. The van der Waals surface area contributed by atoms with Crippen LogP contribution in [0.15, 0.2) is 36.4 Å². The molecule has 0 aliphatic carbocycles. The standard InChI is InChI=1S/C30H42ClN3O4/c1-10-34(28(36)24(16-18(2)3)32-29(37)38-30(7,8)9)26(22-15-14-19(4)21(6)17-22)27(35)33-25-20(5)12-11-13-23(25)31/h11-15,17-18,24,26H,10,16H2,1-9H3,(H,32,37)(H,33,35). The highest BCUT2D eigenvalue weighted by atomic mass is 35.5. The average molecular weight is 544 g/mol. The Morgan fingerprint density at radius 1 is 1.00 bits per heavy atom. The number of carbonyl (C=O) groups is 3. The van der Waals surface area contributed by atoms with Gasteiger partial charge < -0.3 is 20.3 Å². The Bertz CT molecular complexity index is 1140. The summed E-state index contributed by atoms with van der Waals surface area (Å²) in [5.74, 6) is -0.640. The van der Waals surface area contributed by atoms with Crippen LogP contribution in [0.1, 0.15) is 76.3 Å². The van der Waals surface area contributed by atoms with Crippen molar-refractivity contribution in [1.82, 2.24) is 10.2 Å². The summed E-state index contributed by atoms with van der Waals surface area (Å²) in [6, 6.07) is 9.30. The van der Waals surface area contributed by atoms with Gasteiger partial charge in [0.05, 0.1) is 10.7 Å². The van der Waals surface area contributed by atoms with Gasteiger partial charge in [-0.2, -0.15) is 0 Å². The normalized spacial score (nSPS) is 13.0. The number of rotatable bonds is 9. The van der Waals surface area contributed by atoms with Gasteiger partial charge in [-0.25, -0.2) is 4.79 Å². The molecule has 8 heteroatoms. The van der Waals surface area contributed by atoms with E-state index in [-0.39, 0.29) is 24.3 Å². The fourth-order valence-corrected chi connectivity index (χ4v) is 4.47. The number of ether oxygens (including phenoxy) is 1. The Balaban J connectivity index is 2.53. The van der Waals surface area contributed by atoms with E-state index < -0.39 is 23.8 Å². The molecule has 0 radical (unpaired) electrons. The molecule has 3 amide bonds. The summed E-state index contributed by atoms with van der Waals surface area (Å²) in [6.07, 6.45) is -0.286. The highest BCUT2D eigenvalue weighted by Crippen LogP contribution is 2.30. The largest absolute Gasteiger partial charge is 0.444 e. The molecule has 0 aromatic heterocycles. The predicted molar refractivity (Wildman–Crippen MR) is 153 cm³/mol. The first-order valence-corrected chi connectivity index (χ1v) is 13.5. The molecule has 2 atom stereocenters. The Morgan fingerprint density at radius 3 is 2.18 bits per heavy atom. The van der Waals surface area contributed by atoms with Crippen molar-refractivity contribution < 1.29 is 19.1 Å². The molecule has 2 N–H and O–H groups in total. The monoisotopic (exact) mass is 543 g/mol. The van der Waals surface area contributed by atoms with E-state index in [1.165, 1.54) is 4.90 Å². The molecule has 0 fully saturated rings. The van der Waals surface area contributed by atoms with E-state index in [1.54, 1.807) is 26.8 Å². The number of anilines is 1. The second-order valence-electron chi connectivity index (χ2n) is 11.1. The molecule has 0 saturated carbocycles. The van der Waals surface area contributed by atoms with E-state index in [1.807, 2.05) is 71.9 Å². The van der Waals surface area contributed by atoms with Crippen LogP contribution in [0.5, 0.6) is 0 Å². The van der Waals surface area contributed by atoms with Crippen molar-refractivity contribution >= 4 is 35.2 Å². The van der Waals surface area contributed by atoms with Crippen molar-refractivity contribution in [3.63, 3.8) is 0 Å². The first kappa shape index (κ1) is 31.2. The number of para-hydroxylation sites is 1. The van der Waals surface area contributed by atoms with Gasteiger partial charge in [-0.3, -0.25) is 9.59 Å². The Labute approximate surface area is 232 Å². The molecule has 2 aromatic carbocycles. The van der Waals surface area contributed by atoms with Crippen LogP contribution in [-0.2, 0) is 14.3 Å². The van der Waals surface area contributed by atoms with E-state index in [2.05, 4.69) is 10.6 Å². The third-order valence-corrected chi connectivity index (χ3v) is 6.51. The maximum atomic E-state index is 14.0. The molecule has 0 spiro atoms. The van der Waals surface area contributed by atoms with Crippen LogP contribution in [0.25, 0.3) is 0 Å². The number of nitrogens with one attached hydrogen (secondary N) is 2. The summed E-state index contributed by atoms with van der Waals surface area (Å²) in [7, 11) is 0. The summed E-state index contributed by atoms with van der Waals surface area (Å²) in [5.41, 5.74) is 3.35. The Kier molecular flexibility index (Phi) is 10.8. The molecule has 0 aliphatic rings. The summed E-state index contributed by atoms with van der Waals surface area (Å²) >= 11 is 6.41. The summed E-state index contributed by atoms with van der Waals surface area (Å²) in [5, 5.41) is 6.12. The quantitative estimate of drug-likeness (QED) is 0.367. The van der Waals surface area contributed by atoms with Crippen molar-refractivity contribution in [1.29, 1.82) is 0 Å². The number of alkyl carbamates (subject to hydrolysis) is 1. The highest BCUT2D eigenvalue weighted by Gasteiger charge is 2.36. The highest BCUT2D eigenvalue weighted by molar-refractivity contribution is 6.34. The van der Waals surface area contributed by atoms with Gasteiger partial charge in [0.2, 0.25) is 5.91 Å². The van der Waals surface area contributed by atoms with Crippen LogP contribution in [0.2, 0.25) is 5.02 Å². The van der Waals surface area contributed by atoms with Crippen LogP contribution in [0.3, 0.4) is 0 Å². The fourth-order valence-electron chi connectivity index (χ4n) is 4.20. The number of hydrogen-bond donors (Lipinski definition) is 2. The summed E-state index contributed by atoms with van der Waals surface area (Å²) in [6.45, 7) is 17.1. The number of nitrogens with zero attached hydrogens (tertiary/aromatic N) is 1. The van der Waals surface area contributed by atoms with Crippen molar-refractivity contribution in [2.75, 3.05) is 11.9 Å². The second kappa shape index (κ2) is 13.1. The van der Waals surface area contributed by atoms with Gasteiger partial charge in [-0.15, -0.1) is 0 Å². The van der Waals surface area contributed by atoms with Gasteiger partial charge in [0, 0.05) is 6.54 Å². The third-order valence-electron chi connectivity index (χ3n) is 6.20. The number of halogens is 1. The van der Waals surface area contributed by atoms with Crippen LogP contribution in [0, 0.1) is 26.7 Å². The molecule has 0 heterocycles. The first-order chi connectivity index (χ1) is 17.6. The number of likely N-dealkylation sites (N-methyl/N-ethyl adjacent to an activating group) is 1. The second-order valence-corrected chi connectivity index (χ2v) is 11.5. The number of hydrogen-bond acceptors (Lipinski definition) is 4. The topological polar surface area (TPSA) is 87.7 Å². The average Bonchev–Trinajstić information content (AvgIpc) is 2.79. The van der Waals surface area contributed by atoms with Gasteiger partial charge >= 0.3 is 6.09 Å². The number of benzene rings is 2. The fraction of sp³-hybridized carbons (Fsp3) is 0.500. The molecule has 2 unspecified atom stereocenters. The summed E-state index contributed by atoms with van der Waals surface area (Å²) in [4.78, 5) is 42.1. The predicted octanol–water partition coefficient (Wildman–Crippen LogP) is 6.73. The number of carbonyl (C=O) groups excluding carboxylic acids is 3. The maximum absolute atomic E-state index is 14.0. The van der Waals surface area contributed by atoms with Gasteiger partial charge in [0.1, 0.15) is 17.7 Å². The molecule has 2 aromatic rings. The van der Waals surface area contributed by atoms with Crippen LogP contribution >= 0.6 is 11.6 Å². The number of aryl methyl sites for hydroxylation is 3. The lowest BCUT2D eigenvalue weighted by Gasteiger charge is -2.34. The lowest BCUT2D eigenvalue weighted by atomic mass is 9.97. The van der Waals surface area contributed by atoms with Gasteiger partial charge in [-0.05, 0) is 89.1 Å². The Morgan fingerprint density at radius 2 is 1.66 bits per heavy atom. The van der Waals surface area contributed by atoms with Crippen molar-refractivity contribution in [3.8, 4) is 0 Å². The Hall–Kier alpha value is -3.06. The van der Waals surface area contributed by atoms with Crippen molar-refractivity contribution in [2.45, 2.75) is 86.4 Å². The van der Waals surface area contributed by atoms with Crippen molar-refractivity contribution in [3.05, 3.63) is 63.7 Å². The molecule has 38 heavy (non-hydrogen) atoms. The molecule has 0 bridgehead atoms. The first-order valence-electron chi connectivity index (χ1n) is 13.1. The molecule has 0 aliphatic heterocycles. The zero-order valence-electron chi connectivity index (χ0n) is 24.1. The lowest BCUT2D eigenvalue weighted by molar-refractivity contribution is -0.140. The zero-order chi connectivity index (χ0) is 28.8. The van der Waals surface area contributed by atoms with E-state index in [0.717, 1.165) is 16.7 Å². The molecule has 2 rings (SSSR count). The molecule has 7 nitrogen and oxygen atoms in total.